The summed E-state index contributed by atoms with van der Waals surface area (Å²) in [6, 6.07) is 11.0. The van der Waals surface area contributed by atoms with E-state index in [0.29, 0.717) is 6.54 Å². The Morgan fingerprint density at radius 3 is 2.57 bits per heavy atom. The van der Waals surface area contributed by atoms with E-state index in [1.54, 1.807) is 12.3 Å². The maximum absolute atomic E-state index is 11.7. The molecule has 0 aliphatic heterocycles. The molecule has 0 fully saturated rings. The van der Waals surface area contributed by atoms with E-state index in [-0.39, 0.29) is 12.6 Å². The van der Waals surface area contributed by atoms with E-state index < -0.39 is 0 Å². The summed E-state index contributed by atoms with van der Waals surface area (Å²) in [4.78, 5) is 15.8. The van der Waals surface area contributed by atoms with E-state index in [9.17, 15) is 4.79 Å². The molecule has 3 N–H and O–H groups in total. The van der Waals surface area contributed by atoms with Crippen molar-refractivity contribution in [3.63, 3.8) is 0 Å². The van der Waals surface area contributed by atoms with Gasteiger partial charge in [0.1, 0.15) is 0 Å². The van der Waals surface area contributed by atoms with Crippen LogP contribution in [0.25, 0.3) is 0 Å². The Balaban J connectivity index is 1.76. The largest absolute Gasteiger partial charge is 0.392 e. The fourth-order valence-corrected chi connectivity index (χ4v) is 1.93. The van der Waals surface area contributed by atoms with Crippen LogP contribution < -0.4 is 10.6 Å². The van der Waals surface area contributed by atoms with Crippen molar-refractivity contribution in [3.05, 3.63) is 59.4 Å². The fourth-order valence-electron chi connectivity index (χ4n) is 1.93. The second-order valence-corrected chi connectivity index (χ2v) is 4.79. The van der Waals surface area contributed by atoms with Gasteiger partial charge in [-0.15, -0.1) is 0 Å². The van der Waals surface area contributed by atoms with Crippen molar-refractivity contribution in [2.75, 3.05) is 11.9 Å². The molecule has 2 rings (SSSR count). The van der Waals surface area contributed by atoms with Gasteiger partial charge in [0.25, 0.3) is 0 Å². The number of pyridine rings is 1. The van der Waals surface area contributed by atoms with Gasteiger partial charge in [-0.1, -0.05) is 24.3 Å². The van der Waals surface area contributed by atoms with Crippen molar-refractivity contribution in [3.8, 4) is 0 Å². The van der Waals surface area contributed by atoms with Gasteiger partial charge < -0.3 is 15.7 Å². The third-order valence-electron chi connectivity index (χ3n) is 3.06. The highest BCUT2D eigenvalue weighted by Gasteiger charge is 2.02. The lowest BCUT2D eigenvalue weighted by Crippen LogP contribution is -2.30. The molecule has 1 heterocycles. The standard InChI is InChI=1S/C16H19N3O2/c1-12-10-15(7-9-17-12)19-16(21)18-8-6-13-2-4-14(11-20)5-3-13/h2-5,7,9-10,20H,6,8,11H2,1H3,(H2,17,18,19,21). The van der Waals surface area contributed by atoms with Crippen LogP contribution in [0.3, 0.4) is 0 Å². The fraction of sp³-hybridized carbons (Fsp3) is 0.250. The Morgan fingerprint density at radius 1 is 1.19 bits per heavy atom. The quantitative estimate of drug-likeness (QED) is 0.788. The summed E-state index contributed by atoms with van der Waals surface area (Å²) < 4.78 is 0. The summed E-state index contributed by atoms with van der Waals surface area (Å²) in [5.41, 5.74) is 3.59. The van der Waals surface area contributed by atoms with Crippen molar-refractivity contribution in [1.82, 2.24) is 10.3 Å². The highest BCUT2D eigenvalue weighted by molar-refractivity contribution is 5.89. The first-order valence-electron chi connectivity index (χ1n) is 6.83. The summed E-state index contributed by atoms with van der Waals surface area (Å²) in [5.74, 6) is 0. The highest BCUT2D eigenvalue weighted by atomic mass is 16.3. The average Bonchev–Trinajstić information content (AvgIpc) is 2.48. The van der Waals surface area contributed by atoms with Crippen molar-refractivity contribution in [2.24, 2.45) is 0 Å². The first-order chi connectivity index (χ1) is 10.2. The van der Waals surface area contributed by atoms with Crippen LogP contribution in [-0.4, -0.2) is 22.7 Å². The minimum atomic E-state index is -0.229. The van der Waals surface area contributed by atoms with Gasteiger partial charge in [-0.05, 0) is 36.6 Å². The van der Waals surface area contributed by atoms with E-state index in [2.05, 4.69) is 15.6 Å². The molecule has 0 spiro atoms. The van der Waals surface area contributed by atoms with Crippen LogP contribution in [0.15, 0.2) is 42.6 Å². The number of urea groups is 1. The third kappa shape index (κ3) is 4.89. The number of rotatable bonds is 5. The molecule has 0 saturated carbocycles. The van der Waals surface area contributed by atoms with E-state index in [1.165, 1.54) is 0 Å². The van der Waals surface area contributed by atoms with Gasteiger partial charge in [0.2, 0.25) is 0 Å². The van der Waals surface area contributed by atoms with Gasteiger partial charge in [0.15, 0.2) is 0 Å². The minimum Gasteiger partial charge on any atom is -0.392 e. The van der Waals surface area contributed by atoms with E-state index in [1.807, 2.05) is 37.3 Å². The second-order valence-electron chi connectivity index (χ2n) is 4.79. The Morgan fingerprint density at radius 2 is 1.90 bits per heavy atom. The van der Waals surface area contributed by atoms with Crippen LogP contribution in [0.4, 0.5) is 10.5 Å². The number of aliphatic hydroxyl groups excluding tert-OH is 1. The zero-order valence-corrected chi connectivity index (χ0v) is 12.0. The molecule has 0 saturated heterocycles. The van der Waals surface area contributed by atoms with Crippen LogP contribution in [-0.2, 0) is 13.0 Å². The molecule has 1 aromatic carbocycles. The van der Waals surface area contributed by atoms with Crippen molar-refractivity contribution in [1.29, 1.82) is 0 Å². The molecule has 5 nitrogen and oxygen atoms in total. The predicted octanol–water partition coefficient (Wildman–Crippen LogP) is 2.25. The van der Waals surface area contributed by atoms with Gasteiger partial charge in [-0.2, -0.15) is 0 Å². The molecule has 5 heteroatoms. The maximum Gasteiger partial charge on any atom is 0.319 e. The Kier molecular flexibility index (Phi) is 5.29. The number of benzene rings is 1. The van der Waals surface area contributed by atoms with Crippen molar-refractivity contribution >= 4 is 11.7 Å². The SMILES string of the molecule is Cc1cc(NC(=O)NCCc2ccc(CO)cc2)ccn1. The highest BCUT2D eigenvalue weighted by Crippen LogP contribution is 2.07. The number of aromatic nitrogens is 1. The maximum atomic E-state index is 11.7. The van der Waals surface area contributed by atoms with Crippen LogP contribution in [0.5, 0.6) is 0 Å². The normalized spacial score (nSPS) is 10.2. The predicted molar refractivity (Wildman–Crippen MR) is 82.1 cm³/mol. The zero-order chi connectivity index (χ0) is 15.1. The zero-order valence-electron chi connectivity index (χ0n) is 12.0. The van der Waals surface area contributed by atoms with Gasteiger partial charge in [-0.25, -0.2) is 4.79 Å². The molecular formula is C16H19N3O2. The number of aliphatic hydroxyl groups is 1. The summed E-state index contributed by atoms with van der Waals surface area (Å²) in [6.45, 7) is 2.47. The molecule has 0 atom stereocenters. The smallest absolute Gasteiger partial charge is 0.319 e. The number of aryl methyl sites for hydroxylation is 1. The number of carbonyl (C=O) groups is 1. The molecule has 21 heavy (non-hydrogen) atoms. The van der Waals surface area contributed by atoms with E-state index >= 15 is 0 Å². The Bertz CT molecular complexity index is 597. The molecule has 2 aromatic rings. The first-order valence-corrected chi connectivity index (χ1v) is 6.83. The number of hydrogen-bond donors (Lipinski definition) is 3. The molecule has 110 valence electrons. The molecule has 1 aromatic heterocycles. The van der Waals surface area contributed by atoms with Crippen LogP contribution in [0, 0.1) is 6.92 Å². The topological polar surface area (TPSA) is 74.2 Å². The van der Waals surface area contributed by atoms with Crippen LogP contribution >= 0.6 is 0 Å². The molecule has 0 aliphatic rings. The number of nitrogens with one attached hydrogen (secondary N) is 2. The molecule has 2 amide bonds. The summed E-state index contributed by atoms with van der Waals surface area (Å²) in [6.07, 6.45) is 2.40. The van der Waals surface area contributed by atoms with Crippen LogP contribution in [0.1, 0.15) is 16.8 Å². The van der Waals surface area contributed by atoms with Crippen molar-refractivity contribution < 1.29 is 9.90 Å². The number of nitrogens with zero attached hydrogens (tertiary/aromatic N) is 1. The molecule has 0 bridgehead atoms. The average molecular weight is 285 g/mol. The van der Waals surface area contributed by atoms with Gasteiger partial charge in [0, 0.05) is 24.1 Å². The third-order valence-corrected chi connectivity index (χ3v) is 3.06. The summed E-state index contributed by atoms with van der Waals surface area (Å²) in [5, 5.41) is 14.5. The molecule has 0 aliphatic carbocycles. The molecule has 0 radical (unpaired) electrons. The lowest BCUT2D eigenvalue weighted by atomic mass is 10.1. The Hall–Kier alpha value is -2.40. The van der Waals surface area contributed by atoms with Crippen LogP contribution in [0.2, 0.25) is 0 Å². The molecular weight excluding hydrogens is 266 g/mol. The van der Waals surface area contributed by atoms with Crippen molar-refractivity contribution in [2.45, 2.75) is 20.0 Å². The summed E-state index contributed by atoms with van der Waals surface area (Å²) >= 11 is 0. The van der Waals surface area contributed by atoms with E-state index in [4.69, 9.17) is 5.11 Å². The number of hydrogen-bond acceptors (Lipinski definition) is 3. The van der Waals surface area contributed by atoms with Gasteiger partial charge >= 0.3 is 6.03 Å². The Labute approximate surface area is 124 Å². The monoisotopic (exact) mass is 285 g/mol. The lowest BCUT2D eigenvalue weighted by Gasteiger charge is -2.08. The second kappa shape index (κ2) is 7.40. The van der Waals surface area contributed by atoms with Gasteiger partial charge in [-0.3, -0.25) is 4.98 Å². The minimum absolute atomic E-state index is 0.0479. The number of carbonyl (C=O) groups excluding carboxylic acids is 1. The molecule has 0 unspecified atom stereocenters. The lowest BCUT2D eigenvalue weighted by molar-refractivity contribution is 0.252. The van der Waals surface area contributed by atoms with Gasteiger partial charge in [0.05, 0.1) is 6.61 Å². The van der Waals surface area contributed by atoms with E-state index in [0.717, 1.165) is 28.9 Å². The number of amides is 2. The first kappa shape index (κ1) is 15.0. The summed E-state index contributed by atoms with van der Waals surface area (Å²) in [7, 11) is 0. The number of anilines is 1.